The minimum Gasteiger partial charge on any atom is -0.481 e. The number of carbonyl (C=O) groups is 3. The molecule has 1 aliphatic carbocycles. The number of carboxylic acid groups (broad SMARTS) is 1. The van der Waals surface area contributed by atoms with E-state index in [2.05, 4.69) is 19.1 Å². The highest BCUT2D eigenvalue weighted by molar-refractivity contribution is 8.76. The van der Waals surface area contributed by atoms with Crippen molar-refractivity contribution < 1.29 is 34.3 Å². The third-order valence-corrected chi connectivity index (χ3v) is 7.03. The van der Waals surface area contributed by atoms with Gasteiger partial charge in [-0.2, -0.15) is 0 Å². The monoisotopic (exact) mass is 607 g/mol. The minimum atomic E-state index is -0.989. The Bertz CT molecular complexity index is 688. The van der Waals surface area contributed by atoms with E-state index in [0.717, 1.165) is 57.1 Å². The van der Waals surface area contributed by atoms with E-state index in [9.17, 15) is 29.6 Å². The number of esters is 1. The molecular formula is C29H53NO8S2. The lowest BCUT2D eigenvalue weighted by atomic mass is 10.1. The summed E-state index contributed by atoms with van der Waals surface area (Å²) in [6, 6.07) is 0. The summed E-state index contributed by atoms with van der Waals surface area (Å²) >= 11 is 0. The molecule has 0 aromatic heterocycles. The van der Waals surface area contributed by atoms with Crippen LogP contribution in [-0.4, -0.2) is 64.1 Å². The van der Waals surface area contributed by atoms with Crippen LogP contribution in [-0.2, 0) is 19.1 Å². The molecule has 9 nitrogen and oxygen atoms in total. The van der Waals surface area contributed by atoms with Gasteiger partial charge < -0.3 is 14.9 Å². The summed E-state index contributed by atoms with van der Waals surface area (Å²) in [5.74, 6) is 0.641. The summed E-state index contributed by atoms with van der Waals surface area (Å²) in [6.07, 6.45) is 18.7. The number of aliphatic hydroxyl groups excluding tert-OH is 1. The van der Waals surface area contributed by atoms with Gasteiger partial charge in [0.25, 0.3) is 0 Å². The normalized spacial score (nSPS) is 14.8. The molecule has 0 aromatic rings. The van der Waals surface area contributed by atoms with E-state index in [0.29, 0.717) is 31.1 Å². The van der Waals surface area contributed by atoms with Crippen LogP contribution in [0.15, 0.2) is 24.3 Å². The molecule has 11 heteroatoms. The van der Waals surface area contributed by atoms with Crippen LogP contribution in [0.2, 0.25) is 0 Å². The van der Waals surface area contributed by atoms with E-state index in [1.807, 2.05) is 39.2 Å². The second-order valence-electron chi connectivity index (χ2n) is 8.73. The number of hydrogen-bond donors (Lipinski definition) is 2. The van der Waals surface area contributed by atoms with Gasteiger partial charge >= 0.3 is 11.9 Å². The molecule has 0 saturated heterocycles. The summed E-state index contributed by atoms with van der Waals surface area (Å²) in [7, 11) is 3.40. The van der Waals surface area contributed by atoms with Gasteiger partial charge in [-0.1, -0.05) is 79.5 Å². The van der Waals surface area contributed by atoms with Crippen LogP contribution in [0, 0.1) is 16.0 Å². The quantitative estimate of drug-likeness (QED) is 0.0407. The maximum absolute atomic E-state index is 11.1. The number of allylic oxidation sites excluding steroid dienone is 3. The summed E-state index contributed by atoms with van der Waals surface area (Å²) in [4.78, 5) is 40.9. The number of aliphatic hydroxyl groups is 1. The number of Topliss-reactive ketones (excluding diaryl/α,β-unsaturated/α-hetero) is 1. The lowest BCUT2D eigenvalue weighted by Gasteiger charge is -2.06. The van der Waals surface area contributed by atoms with E-state index in [4.69, 9.17) is 9.84 Å². The molecule has 1 aliphatic rings. The highest BCUT2D eigenvalue weighted by Crippen LogP contribution is 2.23. The molecule has 0 spiro atoms. The predicted molar refractivity (Wildman–Crippen MR) is 167 cm³/mol. The number of hydrogen-bond acceptors (Lipinski definition) is 9. The van der Waals surface area contributed by atoms with Gasteiger partial charge in [-0.3, -0.25) is 24.5 Å². The summed E-state index contributed by atoms with van der Waals surface area (Å²) in [6.45, 7) is 8.39. The number of aliphatic carboxylic acids is 1. The average Bonchev–Trinajstić information content (AvgIpc) is 3.34. The van der Waals surface area contributed by atoms with Crippen molar-refractivity contribution in [3.63, 3.8) is 0 Å². The number of rotatable bonds is 18. The topological polar surface area (TPSA) is 144 Å². The lowest BCUT2D eigenvalue weighted by molar-refractivity contribution is -0.480. The van der Waals surface area contributed by atoms with Crippen LogP contribution in [0.5, 0.6) is 0 Å². The molecule has 234 valence electrons. The van der Waals surface area contributed by atoms with Crippen LogP contribution in [0.1, 0.15) is 105 Å². The van der Waals surface area contributed by atoms with Crippen LogP contribution < -0.4 is 0 Å². The Morgan fingerprint density at radius 3 is 2.42 bits per heavy atom. The standard InChI is InChI=1S/C13H22O2.C10H18O2S2.C4H7NO4.C2H6/c1-2-3-6-12(14)7-4-5-11-8-9-13(15)10-11;1-3-4-5-6-7-10(11)12-8-9-14-13-2;6-4(7)2-1-3-5(8)9;1-2/h4-5,11-12,14H,2-3,6-10H2,1H3;3-4H,5-9H2,1-2H3;1-3H2,(H,6,7);1-2H3/b5-4+;4-3-;;. The summed E-state index contributed by atoms with van der Waals surface area (Å²) < 4.78 is 5.03. The van der Waals surface area contributed by atoms with Gasteiger partial charge in [0.15, 0.2) is 0 Å². The first-order valence-corrected chi connectivity index (χ1v) is 17.0. The van der Waals surface area contributed by atoms with Gasteiger partial charge in [-0.15, -0.1) is 0 Å². The smallest absolute Gasteiger partial charge is 0.305 e. The fraction of sp³-hybridized carbons (Fsp3) is 0.759. The Morgan fingerprint density at radius 1 is 1.20 bits per heavy atom. The first-order chi connectivity index (χ1) is 19.2. The number of carboxylic acids is 1. The van der Waals surface area contributed by atoms with Crippen LogP contribution in [0.4, 0.5) is 0 Å². The Labute approximate surface area is 249 Å². The third-order valence-electron chi connectivity index (χ3n) is 5.26. The Kier molecular flexibility index (Phi) is 35.5. The highest BCUT2D eigenvalue weighted by Gasteiger charge is 2.19. The van der Waals surface area contributed by atoms with Gasteiger partial charge in [0.05, 0.1) is 12.5 Å². The van der Waals surface area contributed by atoms with Crippen molar-refractivity contribution in [1.82, 2.24) is 0 Å². The zero-order valence-electron chi connectivity index (χ0n) is 25.2. The molecular weight excluding hydrogens is 554 g/mol. The highest BCUT2D eigenvalue weighted by atomic mass is 33.1. The summed E-state index contributed by atoms with van der Waals surface area (Å²) in [5.41, 5.74) is 0. The fourth-order valence-electron chi connectivity index (χ4n) is 3.23. The van der Waals surface area contributed by atoms with E-state index < -0.39 is 10.9 Å². The van der Waals surface area contributed by atoms with Gasteiger partial charge in [-0.25, -0.2) is 0 Å². The first-order valence-electron chi connectivity index (χ1n) is 14.3. The van der Waals surface area contributed by atoms with Crippen LogP contribution in [0.25, 0.3) is 0 Å². The van der Waals surface area contributed by atoms with Crippen LogP contribution in [0.3, 0.4) is 0 Å². The zero-order chi connectivity index (χ0) is 31.0. The number of ketones is 1. The maximum Gasteiger partial charge on any atom is 0.305 e. The largest absolute Gasteiger partial charge is 0.481 e. The molecule has 0 radical (unpaired) electrons. The van der Waals surface area contributed by atoms with Crippen molar-refractivity contribution in [1.29, 1.82) is 0 Å². The van der Waals surface area contributed by atoms with Crippen LogP contribution >= 0.6 is 21.6 Å². The number of unbranched alkanes of at least 4 members (excludes halogenated alkanes) is 2. The van der Waals surface area contributed by atoms with Gasteiger partial charge in [-0.05, 0) is 51.2 Å². The van der Waals surface area contributed by atoms with Gasteiger partial charge in [0.1, 0.15) is 12.4 Å². The molecule has 0 aliphatic heterocycles. The SMILES string of the molecule is C/C=C\CCCC(=O)OCCSSC.CC.CCCCC(O)C/C=C/C1CCC(=O)C1.O=C(O)CCC[N+](=O)[O-]. The minimum absolute atomic E-state index is 0.0730. The van der Waals surface area contributed by atoms with E-state index in [1.165, 1.54) is 0 Å². The average molecular weight is 608 g/mol. The van der Waals surface area contributed by atoms with Crippen molar-refractivity contribution in [3.05, 3.63) is 34.4 Å². The lowest BCUT2D eigenvalue weighted by Crippen LogP contribution is -2.06. The van der Waals surface area contributed by atoms with E-state index >= 15 is 0 Å². The second-order valence-corrected chi connectivity index (χ2v) is 11.4. The van der Waals surface area contributed by atoms with Crippen molar-refractivity contribution in [2.75, 3.05) is 25.2 Å². The zero-order valence-corrected chi connectivity index (χ0v) is 26.8. The van der Waals surface area contributed by atoms with Gasteiger partial charge in [0.2, 0.25) is 6.54 Å². The number of nitrogens with zero attached hydrogens (tertiary/aromatic N) is 1. The Morgan fingerprint density at radius 2 is 1.90 bits per heavy atom. The Balaban J connectivity index is -0.000000512. The molecule has 2 atom stereocenters. The number of carbonyl (C=O) groups excluding carboxylic acids is 2. The molecule has 1 rings (SSSR count). The van der Waals surface area contributed by atoms with E-state index in [-0.39, 0.29) is 31.5 Å². The molecule has 40 heavy (non-hydrogen) atoms. The third kappa shape index (κ3) is 36.1. The summed E-state index contributed by atoms with van der Waals surface area (Å²) in [5, 5.41) is 27.2. The van der Waals surface area contributed by atoms with Crippen molar-refractivity contribution in [3.8, 4) is 0 Å². The molecule has 1 saturated carbocycles. The molecule has 2 unspecified atom stereocenters. The molecule has 1 fully saturated rings. The van der Waals surface area contributed by atoms with E-state index in [1.54, 1.807) is 21.6 Å². The van der Waals surface area contributed by atoms with Crippen molar-refractivity contribution >= 4 is 39.3 Å². The van der Waals surface area contributed by atoms with Gasteiger partial charge in [0, 0.05) is 36.4 Å². The fourth-order valence-corrected chi connectivity index (χ4v) is 4.25. The number of nitro groups is 1. The molecule has 0 bridgehead atoms. The van der Waals surface area contributed by atoms with Crippen molar-refractivity contribution in [2.24, 2.45) is 5.92 Å². The molecule has 0 aromatic carbocycles. The predicted octanol–water partition coefficient (Wildman–Crippen LogP) is 7.29. The maximum atomic E-state index is 11.1. The molecule has 2 N–H and O–H groups in total. The number of ether oxygens (including phenoxy) is 1. The molecule has 0 heterocycles. The van der Waals surface area contributed by atoms with Crippen molar-refractivity contribution in [2.45, 2.75) is 111 Å². The first kappa shape index (κ1) is 42.6. The Hall–Kier alpha value is -1.85. The molecule has 0 amide bonds. The second kappa shape index (κ2) is 33.4.